The Balaban J connectivity index is 0.00000144. The first-order chi connectivity index (χ1) is 7.65. The fraction of sp³-hybridized carbons (Fsp3) is 0.273. The largest absolute Gasteiger partial charge is 0.461 e. The fourth-order valence-corrected chi connectivity index (χ4v) is 2.04. The predicted molar refractivity (Wildman–Crippen MR) is 73.9 cm³/mol. The van der Waals surface area contributed by atoms with Gasteiger partial charge in [0, 0.05) is 6.20 Å². The molecule has 92 valence electrons. The molecule has 17 heavy (non-hydrogen) atoms. The summed E-state index contributed by atoms with van der Waals surface area (Å²) in [6.45, 7) is 4.06. The monoisotopic (exact) mass is 362 g/mol. The number of ether oxygens (including phenoxy) is 1. The standard InChI is InChI=1S/C11H11BrN2O2.BrH/c1-3-16-11(15)8-9(12)14-6-4-5-7(2)10(14)13-8;/h4-6H,3H2,1-2H3;1H. The molecule has 0 N–H and O–H groups in total. The summed E-state index contributed by atoms with van der Waals surface area (Å²) in [7, 11) is 0. The normalized spacial score (nSPS) is 10.1. The Morgan fingerprint density at radius 3 is 2.88 bits per heavy atom. The molecule has 0 aliphatic heterocycles. The quantitative estimate of drug-likeness (QED) is 0.770. The van der Waals surface area contributed by atoms with E-state index in [0.717, 1.165) is 11.2 Å². The second-order valence-electron chi connectivity index (χ2n) is 3.36. The lowest BCUT2D eigenvalue weighted by molar-refractivity contribution is 0.0519. The minimum atomic E-state index is -0.405. The van der Waals surface area contributed by atoms with Gasteiger partial charge in [-0.05, 0) is 41.4 Å². The van der Waals surface area contributed by atoms with Crippen LogP contribution in [0.1, 0.15) is 23.0 Å². The minimum Gasteiger partial charge on any atom is -0.461 e. The summed E-state index contributed by atoms with van der Waals surface area (Å²) in [5.41, 5.74) is 2.09. The molecule has 4 nitrogen and oxygen atoms in total. The Labute approximate surface area is 118 Å². The fourth-order valence-electron chi connectivity index (χ4n) is 1.50. The van der Waals surface area contributed by atoms with E-state index in [4.69, 9.17) is 4.74 Å². The topological polar surface area (TPSA) is 43.6 Å². The number of fused-ring (bicyclic) bond motifs is 1. The molecule has 0 amide bonds. The van der Waals surface area contributed by atoms with Crippen LogP contribution < -0.4 is 0 Å². The molecule has 0 fully saturated rings. The lowest BCUT2D eigenvalue weighted by Gasteiger charge is -1.98. The van der Waals surface area contributed by atoms with Crippen LogP contribution in [-0.4, -0.2) is 22.0 Å². The zero-order valence-electron chi connectivity index (χ0n) is 9.44. The van der Waals surface area contributed by atoms with E-state index in [0.29, 0.717) is 16.9 Å². The number of esters is 1. The molecule has 0 bridgehead atoms. The first kappa shape index (κ1) is 14.2. The van der Waals surface area contributed by atoms with Crippen LogP contribution in [-0.2, 0) is 4.74 Å². The molecule has 2 heterocycles. The number of imidazole rings is 1. The number of pyridine rings is 1. The van der Waals surface area contributed by atoms with E-state index in [1.54, 1.807) is 6.92 Å². The molecule has 0 atom stereocenters. The van der Waals surface area contributed by atoms with Crippen molar-refractivity contribution < 1.29 is 9.53 Å². The highest BCUT2D eigenvalue weighted by Gasteiger charge is 2.18. The van der Waals surface area contributed by atoms with Gasteiger partial charge in [-0.25, -0.2) is 9.78 Å². The number of carbonyl (C=O) groups excluding carboxylic acids is 1. The van der Waals surface area contributed by atoms with Crippen LogP contribution in [0.4, 0.5) is 0 Å². The SMILES string of the molecule is Br.CCOC(=O)c1nc2c(C)cccn2c1Br. The van der Waals surface area contributed by atoms with Crippen LogP contribution >= 0.6 is 32.9 Å². The van der Waals surface area contributed by atoms with Gasteiger partial charge in [-0.1, -0.05) is 6.07 Å². The van der Waals surface area contributed by atoms with Crippen LogP contribution in [0.5, 0.6) is 0 Å². The summed E-state index contributed by atoms with van der Waals surface area (Å²) in [5.74, 6) is -0.405. The minimum absolute atomic E-state index is 0. The maximum Gasteiger partial charge on any atom is 0.359 e. The van der Waals surface area contributed by atoms with Crippen molar-refractivity contribution in [1.29, 1.82) is 0 Å². The number of nitrogens with zero attached hydrogens (tertiary/aromatic N) is 2. The van der Waals surface area contributed by atoms with Crippen molar-refractivity contribution in [2.75, 3.05) is 6.61 Å². The number of aromatic nitrogens is 2. The van der Waals surface area contributed by atoms with E-state index < -0.39 is 5.97 Å². The van der Waals surface area contributed by atoms with Gasteiger partial charge in [-0.2, -0.15) is 0 Å². The molecule has 2 aromatic rings. The highest BCUT2D eigenvalue weighted by atomic mass is 79.9. The molecule has 0 radical (unpaired) electrons. The van der Waals surface area contributed by atoms with Gasteiger partial charge < -0.3 is 4.74 Å². The molecular weight excluding hydrogens is 352 g/mol. The van der Waals surface area contributed by atoms with Crippen LogP contribution in [0.25, 0.3) is 5.65 Å². The lowest BCUT2D eigenvalue weighted by Crippen LogP contribution is -2.05. The Morgan fingerprint density at radius 1 is 1.59 bits per heavy atom. The predicted octanol–water partition coefficient (Wildman–Crippen LogP) is 3.16. The Bertz CT molecular complexity index is 552. The van der Waals surface area contributed by atoms with Gasteiger partial charge in [0.2, 0.25) is 0 Å². The van der Waals surface area contributed by atoms with Crippen molar-refractivity contribution in [2.45, 2.75) is 13.8 Å². The third kappa shape index (κ3) is 2.52. The van der Waals surface area contributed by atoms with E-state index in [1.807, 2.05) is 29.7 Å². The van der Waals surface area contributed by atoms with Crippen LogP contribution in [0.3, 0.4) is 0 Å². The van der Waals surface area contributed by atoms with Gasteiger partial charge in [0.1, 0.15) is 10.3 Å². The first-order valence-corrected chi connectivity index (χ1v) is 5.74. The Hall–Kier alpha value is -0.880. The molecule has 2 rings (SSSR count). The zero-order valence-corrected chi connectivity index (χ0v) is 12.7. The van der Waals surface area contributed by atoms with Crippen molar-refractivity contribution in [1.82, 2.24) is 9.38 Å². The number of hydrogen-bond donors (Lipinski definition) is 0. The number of rotatable bonds is 2. The van der Waals surface area contributed by atoms with E-state index in [-0.39, 0.29) is 17.0 Å². The van der Waals surface area contributed by atoms with Crippen LogP contribution in [0.2, 0.25) is 0 Å². The van der Waals surface area contributed by atoms with Crippen molar-refractivity contribution in [3.8, 4) is 0 Å². The summed E-state index contributed by atoms with van der Waals surface area (Å²) in [4.78, 5) is 15.9. The van der Waals surface area contributed by atoms with Gasteiger partial charge in [0.05, 0.1) is 6.61 Å². The molecule has 0 aliphatic rings. The van der Waals surface area contributed by atoms with Crippen molar-refractivity contribution >= 4 is 44.5 Å². The molecule has 0 saturated carbocycles. The smallest absolute Gasteiger partial charge is 0.359 e. The highest BCUT2D eigenvalue weighted by Crippen LogP contribution is 2.21. The third-order valence-corrected chi connectivity index (χ3v) is 3.01. The molecule has 0 saturated heterocycles. The van der Waals surface area contributed by atoms with Crippen LogP contribution in [0, 0.1) is 6.92 Å². The number of aryl methyl sites for hydroxylation is 1. The van der Waals surface area contributed by atoms with Gasteiger partial charge in [0.25, 0.3) is 0 Å². The average Bonchev–Trinajstić information content (AvgIpc) is 2.59. The molecule has 0 aromatic carbocycles. The molecular formula is C11H12Br2N2O2. The molecule has 0 unspecified atom stereocenters. The maximum absolute atomic E-state index is 11.6. The van der Waals surface area contributed by atoms with Gasteiger partial charge in [0.15, 0.2) is 5.69 Å². The summed E-state index contributed by atoms with van der Waals surface area (Å²) in [6.07, 6.45) is 1.85. The van der Waals surface area contributed by atoms with Gasteiger partial charge >= 0.3 is 5.97 Å². The maximum atomic E-state index is 11.6. The van der Waals surface area contributed by atoms with E-state index >= 15 is 0 Å². The summed E-state index contributed by atoms with van der Waals surface area (Å²) in [5, 5.41) is 0. The van der Waals surface area contributed by atoms with E-state index in [9.17, 15) is 4.79 Å². The van der Waals surface area contributed by atoms with E-state index in [1.165, 1.54) is 0 Å². The van der Waals surface area contributed by atoms with Gasteiger partial charge in [-0.3, -0.25) is 4.40 Å². The average molecular weight is 364 g/mol. The number of hydrogen-bond acceptors (Lipinski definition) is 3. The number of halogens is 2. The summed E-state index contributed by atoms with van der Waals surface area (Å²) < 4.78 is 7.38. The second kappa shape index (κ2) is 5.64. The summed E-state index contributed by atoms with van der Waals surface area (Å²) >= 11 is 3.36. The van der Waals surface area contributed by atoms with Crippen molar-refractivity contribution in [3.63, 3.8) is 0 Å². The lowest BCUT2D eigenvalue weighted by atomic mass is 10.3. The van der Waals surface area contributed by atoms with Crippen molar-refractivity contribution in [3.05, 3.63) is 34.2 Å². The molecule has 0 spiro atoms. The number of carbonyl (C=O) groups is 1. The highest BCUT2D eigenvalue weighted by molar-refractivity contribution is 9.10. The molecule has 2 aromatic heterocycles. The zero-order chi connectivity index (χ0) is 11.7. The first-order valence-electron chi connectivity index (χ1n) is 4.95. The van der Waals surface area contributed by atoms with E-state index in [2.05, 4.69) is 20.9 Å². The molecule has 6 heteroatoms. The summed E-state index contributed by atoms with van der Waals surface area (Å²) in [6, 6.07) is 3.85. The van der Waals surface area contributed by atoms with Gasteiger partial charge in [-0.15, -0.1) is 17.0 Å². The molecule has 0 aliphatic carbocycles. The third-order valence-electron chi connectivity index (χ3n) is 2.26. The second-order valence-corrected chi connectivity index (χ2v) is 4.11. The van der Waals surface area contributed by atoms with Crippen molar-refractivity contribution in [2.24, 2.45) is 0 Å². The Morgan fingerprint density at radius 2 is 2.29 bits per heavy atom. The van der Waals surface area contributed by atoms with Crippen LogP contribution in [0.15, 0.2) is 22.9 Å². The Kier molecular flexibility index (Phi) is 4.70.